The SMILES string of the molecule is NC1(CO)CCSCC12CC2. The van der Waals surface area contributed by atoms with E-state index in [2.05, 4.69) is 0 Å². The van der Waals surface area contributed by atoms with Crippen molar-refractivity contribution in [2.75, 3.05) is 18.1 Å². The molecular weight excluding hydrogens is 158 g/mol. The molecule has 11 heavy (non-hydrogen) atoms. The molecule has 1 unspecified atom stereocenters. The molecule has 1 aliphatic heterocycles. The number of hydrogen-bond acceptors (Lipinski definition) is 3. The van der Waals surface area contributed by atoms with Crippen LogP contribution in [0.2, 0.25) is 0 Å². The average molecular weight is 173 g/mol. The summed E-state index contributed by atoms with van der Waals surface area (Å²) < 4.78 is 0. The van der Waals surface area contributed by atoms with Crippen molar-refractivity contribution in [3.63, 3.8) is 0 Å². The molecule has 1 spiro atoms. The van der Waals surface area contributed by atoms with E-state index < -0.39 is 0 Å². The van der Waals surface area contributed by atoms with E-state index in [1.165, 1.54) is 18.6 Å². The summed E-state index contributed by atoms with van der Waals surface area (Å²) in [5, 5.41) is 9.19. The van der Waals surface area contributed by atoms with E-state index in [9.17, 15) is 5.11 Å². The van der Waals surface area contributed by atoms with Crippen LogP contribution in [0.15, 0.2) is 0 Å². The van der Waals surface area contributed by atoms with Crippen molar-refractivity contribution < 1.29 is 5.11 Å². The van der Waals surface area contributed by atoms with Crippen LogP contribution in [0.4, 0.5) is 0 Å². The van der Waals surface area contributed by atoms with Crippen molar-refractivity contribution in [1.29, 1.82) is 0 Å². The van der Waals surface area contributed by atoms with Crippen LogP contribution in [0.3, 0.4) is 0 Å². The number of hydrogen-bond donors (Lipinski definition) is 2. The molecule has 3 heteroatoms. The Balaban J connectivity index is 2.15. The van der Waals surface area contributed by atoms with Gasteiger partial charge in [0.05, 0.1) is 6.61 Å². The van der Waals surface area contributed by atoms with Crippen molar-refractivity contribution in [3.8, 4) is 0 Å². The fourth-order valence-electron chi connectivity index (χ4n) is 1.97. The summed E-state index contributed by atoms with van der Waals surface area (Å²) in [5.41, 5.74) is 6.22. The van der Waals surface area contributed by atoms with Gasteiger partial charge in [-0.2, -0.15) is 11.8 Å². The number of nitrogens with two attached hydrogens (primary N) is 1. The quantitative estimate of drug-likeness (QED) is 0.610. The normalized spacial score (nSPS) is 40.9. The van der Waals surface area contributed by atoms with Gasteiger partial charge >= 0.3 is 0 Å². The molecule has 1 saturated carbocycles. The highest BCUT2D eigenvalue weighted by Gasteiger charge is 2.57. The van der Waals surface area contributed by atoms with Gasteiger partial charge in [-0.15, -0.1) is 0 Å². The van der Waals surface area contributed by atoms with Gasteiger partial charge in [-0.05, 0) is 30.4 Å². The van der Waals surface area contributed by atoms with E-state index in [4.69, 9.17) is 5.73 Å². The van der Waals surface area contributed by atoms with Gasteiger partial charge < -0.3 is 10.8 Å². The minimum absolute atomic E-state index is 0.174. The van der Waals surface area contributed by atoms with Crippen molar-refractivity contribution in [2.45, 2.75) is 24.8 Å². The van der Waals surface area contributed by atoms with Crippen LogP contribution in [-0.4, -0.2) is 28.8 Å². The fraction of sp³-hybridized carbons (Fsp3) is 1.00. The predicted octanol–water partition coefficient (Wildman–Crippen LogP) is 0.593. The Labute approximate surface area is 71.5 Å². The zero-order valence-corrected chi connectivity index (χ0v) is 7.49. The third-order valence-corrected chi connectivity index (χ3v) is 4.51. The van der Waals surface area contributed by atoms with Gasteiger partial charge in [0, 0.05) is 11.3 Å². The lowest BCUT2D eigenvalue weighted by molar-refractivity contribution is 0.130. The molecule has 0 aromatic rings. The molecule has 0 amide bonds. The van der Waals surface area contributed by atoms with Crippen molar-refractivity contribution >= 4 is 11.8 Å². The maximum absolute atomic E-state index is 9.19. The third-order valence-electron chi connectivity index (χ3n) is 3.26. The first-order valence-electron chi connectivity index (χ1n) is 4.20. The second-order valence-corrected chi connectivity index (χ2v) is 5.00. The summed E-state index contributed by atoms with van der Waals surface area (Å²) in [7, 11) is 0. The second-order valence-electron chi connectivity index (χ2n) is 3.90. The number of thioether (sulfide) groups is 1. The Hall–Kier alpha value is 0.270. The Morgan fingerprint density at radius 3 is 2.55 bits per heavy atom. The Morgan fingerprint density at radius 1 is 1.36 bits per heavy atom. The highest BCUT2D eigenvalue weighted by Crippen LogP contribution is 2.58. The van der Waals surface area contributed by atoms with Crippen LogP contribution in [0, 0.1) is 5.41 Å². The van der Waals surface area contributed by atoms with E-state index in [-0.39, 0.29) is 12.1 Å². The van der Waals surface area contributed by atoms with Crippen molar-refractivity contribution in [2.24, 2.45) is 11.1 Å². The Bertz CT molecular complexity index is 169. The maximum Gasteiger partial charge on any atom is 0.0617 e. The number of aliphatic hydroxyl groups is 1. The van der Waals surface area contributed by atoms with Crippen molar-refractivity contribution in [1.82, 2.24) is 0 Å². The van der Waals surface area contributed by atoms with Gasteiger partial charge in [0.2, 0.25) is 0 Å². The van der Waals surface area contributed by atoms with Crippen LogP contribution in [0.25, 0.3) is 0 Å². The summed E-state index contributed by atoms with van der Waals surface area (Å²) in [6.45, 7) is 0.174. The molecule has 2 fully saturated rings. The third kappa shape index (κ3) is 1.02. The highest BCUT2D eigenvalue weighted by atomic mass is 32.2. The highest BCUT2D eigenvalue weighted by molar-refractivity contribution is 7.99. The lowest BCUT2D eigenvalue weighted by Crippen LogP contribution is -2.55. The van der Waals surface area contributed by atoms with Gasteiger partial charge in [-0.3, -0.25) is 0 Å². The molecule has 1 saturated heterocycles. The predicted molar refractivity (Wildman–Crippen MR) is 47.6 cm³/mol. The topological polar surface area (TPSA) is 46.2 Å². The van der Waals surface area contributed by atoms with Crippen LogP contribution in [0.5, 0.6) is 0 Å². The zero-order chi connectivity index (χ0) is 7.95. The lowest BCUT2D eigenvalue weighted by Gasteiger charge is -2.40. The molecule has 0 aromatic carbocycles. The van der Waals surface area contributed by atoms with Gasteiger partial charge in [-0.1, -0.05) is 0 Å². The van der Waals surface area contributed by atoms with Crippen LogP contribution >= 0.6 is 11.8 Å². The second kappa shape index (κ2) is 2.38. The summed E-state index contributed by atoms with van der Waals surface area (Å²) in [4.78, 5) is 0. The molecule has 0 aromatic heterocycles. The van der Waals surface area contributed by atoms with E-state index >= 15 is 0 Å². The molecule has 0 radical (unpaired) electrons. The Morgan fingerprint density at radius 2 is 2.09 bits per heavy atom. The average Bonchev–Trinajstić information content (AvgIpc) is 2.78. The lowest BCUT2D eigenvalue weighted by atomic mass is 9.81. The van der Waals surface area contributed by atoms with Gasteiger partial charge in [0.25, 0.3) is 0 Å². The van der Waals surface area contributed by atoms with Crippen LogP contribution < -0.4 is 5.73 Å². The van der Waals surface area contributed by atoms with Crippen LogP contribution in [0.1, 0.15) is 19.3 Å². The van der Waals surface area contributed by atoms with E-state index in [0.29, 0.717) is 5.41 Å². The molecule has 2 aliphatic rings. The molecule has 64 valence electrons. The molecular formula is C8H15NOS. The van der Waals surface area contributed by atoms with Crippen LogP contribution in [-0.2, 0) is 0 Å². The standard InChI is InChI=1S/C8H15NOS/c9-8(5-10)3-4-11-6-7(8)1-2-7/h10H,1-6,9H2. The maximum atomic E-state index is 9.19. The summed E-state index contributed by atoms with van der Waals surface area (Å²) in [6, 6.07) is 0. The molecule has 1 aliphatic carbocycles. The summed E-state index contributed by atoms with van der Waals surface area (Å²) in [5.74, 6) is 2.29. The monoisotopic (exact) mass is 173 g/mol. The first kappa shape index (κ1) is 7.90. The van der Waals surface area contributed by atoms with E-state index in [1.54, 1.807) is 0 Å². The van der Waals surface area contributed by atoms with Gasteiger partial charge in [0.15, 0.2) is 0 Å². The molecule has 3 N–H and O–H groups in total. The Kier molecular flexibility index (Phi) is 1.71. The minimum atomic E-state index is -0.238. The number of rotatable bonds is 1. The largest absolute Gasteiger partial charge is 0.394 e. The first-order chi connectivity index (χ1) is 5.22. The summed E-state index contributed by atoms with van der Waals surface area (Å²) in [6.07, 6.45) is 3.46. The molecule has 2 rings (SSSR count). The molecule has 1 atom stereocenters. The van der Waals surface area contributed by atoms with Crippen molar-refractivity contribution in [3.05, 3.63) is 0 Å². The first-order valence-corrected chi connectivity index (χ1v) is 5.35. The van der Waals surface area contributed by atoms with Gasteiger partial charge in [-0.25, -0.2) is 0 Å². The molecule has 1 heterocycles. The van der Waals surface area contributed by atoms with E-state index in [1.807, 2.05) is 11.8 Å². The van der Waals surface area contributed by atoms with Gasteiger partial charge in [0.1, 0.15) is 0 Å². The molecule has 0 bridgehead atoms. The smallest absolute Gasteiger partial charge is 0.0617 e. The number of aliphatic hydroxyl groups excluding tert-OH is 1. The zero-order valence-electron chi connectivity index (χ0n) is 6.68. The van der Waals surface area contributed by atoms with E-state index in [0.717, 1.165) is 12.2 Å². The molecule has 2 nitrogen and oxygen atoms in total. The summed E-state index contributed by atoms with van der Waals surface area (Å²) >= 11 is 1.99. The fourth-order valence-corrected chi connectivity index (χ4v) is 3.59. The minimum Gasteiger partial charge on any atom is -0.394 e.